The SMILES string of the molecule is COCCCN1C(=O)COc2ccc(N(C(=O)[C@H]3CN(C=O)CC[C@@H]3c3cccc(-c4ccc5c(c4)NC(=O)C5)c3)C3CC3)cc21. The van der Waals surface area contributed by atoms with Gasteiger partial charge < -0.3 is 29.5 Å². The number of nitrogens with one attached hydrogen (secondary N) is 1. The summed E-state index contributed by atoms with van der Waals surface area (Å²) in [6.45, 7) is 1.92. The molecule has 7 rings (SSSR count). The first-order chi connectivity index (χ1) is 22.4. The van der Waals surface area contributed by atoms with Crippen molar-refractivity contribution in [1.29, 1.82) is 0 Å². The Kier molecular flexibility index (Phi) is 8.21. The van der Waals surface area contributed by atoms with Gasteiger partial charge in [0.2, 0.25) is 18.2 Å². The third-order valence-corrected chi connectivity index (χ3v) is 9.54. The second-order valence-corrected chi connectivity index (χ2v) is 12.6. The van der Waals surface area contributed by atoms with Gasteiger partial charge in [0.05, 0.1) is 18.0 Å². The van der Waals surface area contributed by atoms with E-state index in [1.807, 2.05) is 53.4 Å². The summed E-state index contributed by atoms with van der Waals surface area (Å²) in [4.78, 5) is 56.7. The summed E-state index contributed by atoms with van der Waals surface area (Å²) in [5, 5.41) is 2.94. The second kappa shape index (κ2) is 12.6. The van der Waals surface area contributed by atoms with Crippen LogP contribution in [-0.2, 0) is 30.3 Å². The summed E-state index contributed by atoms with van der Waals surface area (Å²) >= 11 is 0. The fraction of sp³-hybridized carbons (Fsp3) is 0.389. The smallest absolute Gasteiger partial charge is 0.265 e. The molecule has 0 unspecified atom stereocenters. The molecule has 0 bridgehead atoms. The molecular weight excluding hydrogens is 584 g/mol. The number of carbonyl (C=O) groups is 4. The van der Waals surface area contributed by atoms with Crippen LogP contribution in [0, 0.1) is 5.92 Å². The first-order valence-electron chi connectivity index (χ1n) is 16.0. The number of likely N-dealkylation sites (tertiary alicyclic amines) is 1. The van der Waals surface area contributed by atoms with Crippen LogP contribution in [0.4, 0.5) is 17.1 Å². The number of hydrogen-bond donors (Lipinski definition) is 1. The van der Waals surface area contributed by atoms with Gasteiger partial charge in [-0.25, -0.2) is 0 Å². The van der Waals surface area contributed by atoms with E-state index < -0.39 is 5.92 Å². The molecule has 0 spiro atoms. The first kappa shape index (κ1) is 30.0. The Morgan fingerprint density at radius 1 is 1.07 bits per heavy atom. The van der Waals surface area contributed by atoms with Gasteiger partial charge in [0.15, 0.2) is 6.61 Å². The monoisotopic (exact) mass is 622 g/mol. The number of benzene rings is 3. The van der Waals surface area contributed by atoms with E-state index >= 15 is 0 Å². The first-order valence-corrected chi connectivity index (χ1v) is 16.0. The van der Waals surface area contributed by atoms with Crippen molar-refractivity contribution in [1.82, 2.24) is 4.90 Å². The molecule has 1 aliphatic carbocycles. The van der Waals surface area contributed by atoms with Crippen LogP contribution < -0.4 is 19.9 Å². The van der Waals surface area contributed by atoms with Crippen molar-refractivity contribution < 1.29 is 28.7 Å². The maximum Gasteiger partial charge on any atom is 0.265 e. The molecule has 4 aliphatic rings. The molecule has 3 heterocycles. The Labute approximate surface area is 268 Å². The zero-order valence-electron chi connectivity index (χ0n) is 25.9. The molecule has 1 saturated heterocycles. The average molecular weight is 623 g/mol. The van der Waals surface area contributed by atoms with E-state index in [-0.39, 0.29) is 36.3 Å². The Balaban J connectivity index is 1.20. The molecule has 46 heavy (non-hydrogen) atoms. The number of rotatable bonds is 10. The van der Waals surface area contributed by atoms with Gasteiger partial charge in [-0.05, 0) is 78.1 Å². The molecule has 10 nitrogen and oxygen atoms in total. The van der Waals surface area contributed by atoms with Gasteiger partial charge in [0, 0.05) is 50.8 Å². The number of methoxy groups -OCH3 is 1. The second-order valence-electron chi connectivity index (χ2n) is 12.6. The summed E-state index contributed by atoms with van der Waals surface area (Å²) in [6, 6.07) is 20.0. The van der Waals surface area contributed by atoms with Crippen LogP contribution in [0.2, 0.25) is 0 Å². The Hall–Kier alpha value is -4.70. The molecule has 3 aliphatic heterocycles. The highest BCUT2D eigenvalue weighted by atomic mass is 16.5. The quantitative estimate of drug-likeness (QED) is 0.266. The topological polar surface area (TPSA) is 108 Å². The largest absolute Gasteiger partial charge is 0.482 e. The molecule has 3 aromatic carbocycles. The number of piperidine rings is 1. The summed E-state index contributed by atoms with van der Waals surface area (Å²) in [6.07, 6.45) is 4.38. The van der Waals surface area contributed by atoms with Crippen LogP contribution in [-0.4, -0.2) is 75.0 Å². The van der Waals surface area contributed by atoms with E-state index in [9.17, 15) is 19.2 Å². The minimum Gasteiger partial charge on any atom is -0.482 e. The van der Waals surface area contributed by atoms with E-state index in [2.05, 4.69) is 17.4 Å². The van der Waals surface area contributed by atoms with Gasteiger partial charge in [-0.15, -0.1) is 0 Å². The number of hydrogen-bond acceptors (Lipinski definition) is 6. The minimum absolute atomic E-state index is 0.00117. The molecule has 238 valence electrons. The van der Waals surface area contributed by atoms with Crippen LogP contribution >= 0.6 is 0 Å². The number of nitrogens with zero attached hydrogens (tertiary/aromatic N) is 3. The van der Waals surface area contributed by atoms with Crippen LogP contribution in [0.25, 0.3) is 11.1 Å². The molecule has 10 heteroatoms. The number of amides is 4. The van der Waals surface area contributed by atoms with Gasteiger partial charge in [-0.2, -0.15) is 0 Å². The van der Waals surface area contributed by atoms with Crippen molar-refractivity contribution in [2.24, 2.45) is 5.92 Å². The number of fused-ring (bicyclic) bond motifs is 2. The van der Waals surface area contributed by atoms with Crippen molar-refractivity contribution in [2.45, 2.75) is 44.1 Å². The Morgan fingerprint density at radius 3 is 2.72 bits per heavy atom. The number of ether oxygens (including phenoxy) is 2. The van der Waals surface area contributed by atoms with E-state index in [4.69, 9.17) is 9.47 Å². The molecule has 0 aromatic heterocycles. The van der Waals surface area contributed by atoms with Gasteiger partial charge in [-0.1, -0.05) is 36.4 Å². The molecule has 3 aromatic rings. The fourth-order valence-corrected chi connectivity index (χ4v) is 7.05. The highest BCUT2D eigenvalue weighted by molar-refractivity contribution is 6.02. The van der Waals surface area contributed by atoms with E-state index in [0.717, 1.165) is 52.9 Å². The molecule has 2 fully saturated rings. The zero-order chi connectivity index (χ0) is 31.8. The van der Waals surface area contributed by atoms with Gasteiger partial charge in [0.25, 0.3) is 5.91 Å². The highest BCUT2D eigenvalue weighted by Crippen LogP contribution is 2.43. The molecule has 0 radical (unpaired) electrons. The average Bonchev–Trinajstić information content (AvgIpc) is 3.84. The standard InChI is InChI=1S/C36H38N4O6/c1-45-15-3-13-39-32-19-28(10-11-33(32)46-21-35(39)43)40(27-8-9-27)36(44)30-20-38(22-41)14-12-29(30)25-5-2-4-23(16-25)24-6-7-26-18-34(42)37-31(26)17-24/h2,4-7,10-11,16-17,19,22,27,29-30H,3,8-9,12-15,18,20-21H2,1H3,(H,37,42)/t29-,30+/m1/s1. The summed E-state index contributed by atoms with van der Waals surface area (Å²) < 4.78 is 11.0. The lowest BCUT2D eigenvalue weighted by Crippen LogP contribution is -2.48. The van der Waals surface area contributed by atoms with E-state index in [0.29, 0.717) is 56.9 Å². The van der Waals surface area contributed by atoms with Crippen molar-refractivity contribution in [2.75, 3.05) is 55.1 Å². The highest BCUT2D eigenvalue weighted by Gasteiger charge is 2.43. The fourth-order valence-electron chi connectivity index (χ4n) is 7.05. The predicted molar refractivity (Wildman–Crippen MR) is 174 cm³/mol. The van der Waals surface area contributed by atoms with Crippen LogP contribution in [0.1, 0.15) is 42.7 Å². The van der Waals surface area contributed by atoms with Crippen LogP contribution in [0.5, 0.6) is 5.75 Å². The zero-order valence-corrected chi connectivity index (χ0v) is 25.9. The molecular formula is C36H38N4O6. The third kappa shape index (κ3) is 5.85. The summed E-state index contributed by atoms with van der Waals surface area (Å²) in [5.74, 6) is -0.0490. The van der Waals surface area contributed by atoms with E-state index in [1.165, 1.54) is 0 Å². The lowest BCUT2D eigenvalue weighted by molar-refractivity contribution is -0.128. The lowest BCUT2D eigenvalue weighted by Gasteiger charge is -2.39. The van der Waals surface area contributed by atoms with Gasteiger partial charge in [0.1, 0.15) is 5.75 Å². The summed E-state index contributed by atoms with van der Waals surface area (Å²) in [5.41, 5.74) is 6.29. The van der Waals surface area contributed by atoms with E-state index in [1.54, 1.807) is 16.9 Å². The molecule has 1 saturated carbocycles. The molecule has 2 atom stereocenters. The minimum atomic E-state index is -0.444. The number of anilines is 3. The predicted octanol–water partition coefficient (Wildman–Crippen LogP) is 4.37. The summed E-state index contributed by atoms with van der Waals surface area (Å²) in [7, 11) is 1.64. The maximum absolute atomic E-state index is 14.7. The van der Waals surface area contributed by atoms with Crippen molar-refractivity contribution >= 4 is 41.2 Å². The van der Waals surface area contributed by atoms with Crippen LogP contribution in [0.3, 0.4) is 0 Å². The van der Waals surface area contributed by atoms with Crippen LogP contribution in [0.15, 0.2) is 60.7 Å². The Morgan fingerprint density at radius 2 is 1.91 bits per heavy atom. The van der Waals surface area contributed by atoms with Gasteiger partial charge in [-0.3, -0.25) is 19.2 Å². The van der Waals surface area contributed by atoms with Crippen molar-refractivity contribution in [3.63, 3.8) is 0 Å². The number of carbonyl (C=O) groups excluding carboxylic acids is 4. The molecule has 1 N–H and O–H groups in total. The maximum atomic E-state index is 14.7. The van der Waals surface area contributed by atoms with Crippen molar-refractivity contribution in [3.8, 4) is 16.9 Å². The normalized spacial score (nSPS) is 20.5. The Bertz CT molecular complexity index is 1690. The van der Waals surface area contributed by atoms with Gasteiger partial charge >= 0.3 is 0 Å². The molecule has 4 amide bonds. The third-order valence-electron chi connectivity index (χ3n) is 9.54. The van der Waals surface area contributed by atoms with Crippen molar-refractivity contribution in [3.05, 3.63) is 71.8 Å². The lowest BCUT2D eigenvalue weighted by atomic mass is 9.79.